The summed E-state index contributed by atoms with van der Waals surface area (Å²) in [5, 5.41) is 6.88. The van der Waals surface area contributed by atoms with Crippen molar-refractivity contribution < 1.29 is 9.59 Å². The summed E-state index contributed by atoms with van der Waals surface area (Å²) >= 11 is 0. The largest absolute Gasteiger partial charge is 0.357 e. The Morgan fingerprint density at radius 3 is 3.00 bits per heavy atom. The summed E-state index contributed by atoms with van der Waals surface area (Å²) in [5.41, 5.74) is 2.15. The second-order valence-electron chi connectivity index (χ2n) is 5.96. The number of rotatable bonds is 3. The molecule has 2 amide bonds. The first-order chi connectivity index (χ1) is 10.7. The molecular formula is C16H22N4O2. The zero-order valence-corrected chi connectivity index (χ0v) is 12.9. The summed E-state index contributed by atoms with van der Waals surface area (Å²) in [6, 6.07) is 1.43. The molecule has 0 aromatic carbocycles. The van der Waals surface area contributed by atoms with E-state index in [1.54, 1.807) is 22.8 Å². The fraction of sp³-hybridized carbons (Fsp3) is 0.562. The van der Waals surface area contributed by atoms with Gasteiger partial charge in [0.2, 0.25) is 11.8 Å². The first-order valence-corrected chi connectivity index (χ1v) is 7.88. The number of nitrogens with one attached hydrogen (secondary N) is 1. The van der Waals surface area contributed by atoms with Gasteiger partial charge in [-0.1, -0.05) is 11.6 Å². The minimum Gasteiger partial charge on any atom is -0.357 e. The summed E-state index contributed by atoms with van der Waals surface area (Å²) in [6.45, 7) is 0.917. The van der Waals surface area contributed by atoms with E-state index in [0.717, 1.165) is 18.5 Å². The third-order valence-electron chi connectivity index (χ3n) is 4.46. The molecule has 3 rings (SSSR count). The van der Waals surface area contributed by atoms with Crippen LogP contribution in [0.3, 0.4) is 0 Å². The lowest BCUT2D eigenvalue weighted by molar-refractivity contribution is -0.134. The summed E-state index contributed by atoms with van der Waals surface area (Å²) in [7, 11) is 1.61. The van der Waals surface area contributed by atoms with Crippen LogP contribution in [0.1, 0.15) is 43.8 Å². The van der Waals surface area contributed by atoms with Gasteiger partial charge >= 0.3 is 0 Å². The number of carbonyl (C=O) groups excluding carboxylic acids is 2. The van der Waals surface area contributed by atoms with Crippen molar-refractivity contribution in [2.75, 3.05) is 13.6 Å². The molecule has 0 spiro atoms. The molecule has 0 saturated carbocycles. The van der Waals surface area contributed by atoms with Gasteiger partial charge in [0.25, 0.3) is 0 Å². The standard InChI is InChI=1S/C16H22N4O2/c1-17-16(22)14-11-19(10-13-7-8-18-20(13)14)15(21)9-12-5-3-2-4-6-12/h5,7-8,14H,2-4,6,9-11H2,1H3,(H,17,22)/t14-/m0/s1. The Hall–Kier alpha value is -2.11. The van der Waals surface area contributed by atoms with Crippen LogP contribution in [0.5, 0.6) is 0 Å². The van der Waals surface area contributed by atoms with E-state index in [0.29, 0.717) is 19.5 Å². The Morgan fingerprint density at radius 1 is 1.41 bits per heavy atom. The van der Waals surface area contributed by atoms with Gasteiger partial charge in [-0.2, -0.15) is 5.10 Å². The highest BCUT2D eigenvalue weighted by Crippen LogP contribution is 2.24. The number of allylic oxidation sites excluding steroid dienone is 1. The summed E-state index contributed by atoms with van der Waals surface area (Å²) in [5.74, 6) is -0.00571. The third-order valence-corrected chi connectivity index (χ3v) is 4.46. The Labute approximate surface area is 130 Å². The van der Waals surface area contributed by atoms with Gasteiger partial charge in [0.1, 0.15) is 6.04 Å². The Balaban J connectivity index is 1.74. The number of aromatic nitrogens is 2. The minimum atomic E-state index is -0.437. The molecule has 1 atom stereocenters. The average Bonchev–Trinajstić information content (AvgIpc) is 3.02. The van der Waals surface area contributed by atoms with Crippen LogP contribution >= 0.6 is 0 Å². The van der Waals surface area contributed by atoms with Crippen LogP contribution in [-0.2, 0) is 16.1 Å². The highest BCUT2D eigenvalue weighted by Gasteiger charge is 2.32. The molecule has 0 bridgehead atoms. The second kappa shape index (κ2) is 6.34. The SMILES string of the molecule is CNC(=O)[C@@H]1CN(C(=O)CC2=CCCCC2)Cc2ccnn21. The van der Waals surface area contributed by atoms with Gasteiger partial charge < -0.3 is 10.2 Å². The first-order valence-electron chi connectivity index (χ1n) is 7.88. The van der Waals surface area contributed by atoms with Crippen molar-refractivity contribution in [1.82, 2.24) is 20.0 Å². The van der Waals surface area contributed by atoms with Gasteiger partial charge in [-0.15, -0.1) is 0 Å². The van der Waals surface area contributed by atoms with Crippen LogP contribution in [-0.4, -0.2) is 40.1 Å². The van der Waals surface area contributed by atoms with Gasteiger partial charge in [0, 0.05) is 19.7 Å². The molecular weight excluding hydrogens is 280 g/mol. The predicted octanol–water partition coefficient (Wildman–Crippen LogP) is 1.40. The smallest absolute Gasteiger partial charge is 0.246 e. The Morgan fingerprint density at radius 2 is 2.27 bits per heavy atom. The van der Waals surface area contributed by atoms with Crippen molar-refractivity contribution in [1.29, 1.82) is 0 Å². The number of likely N-dealkylation sites (N-methyl/N-ethyl adjacent to an activating group) is 1. The van der Waals surface area contributed by atoms with Crippen LogP contribution < -0.4 is 5.32 Å². The average molecular weight is 302 g/mol. The van der Waals surface area contributed by atoms with E-state index in [1.807, 2.05) is 6.07 Å². The maximum atomic E-state index is 12.6. The third kappa shape index (κ3) is 2.91. The van der Waals surface area contributed by atoms with E-state index in [-0.39, 0.29) is 11.8 Å². The van der Waals surface area contributed by atoms with Gasteiger partial charge in [0.05, 0.1) is 18.8 Å². The normalized spacial score (nSPS) is 21.0. The molecule has 22 heavy (non-hydrogen) atoms. The molecule has 0 radical (unpaired) electrons. The quantitative estimate of drug-likeness (QED) is 0.858. The van der Waals surface area contributed by atoms with Crippen molar-refractivity contribution in [3.8, 4) is 0 Å². The molecule has 1 aliphatic carbocycles. The van der Waals surface area contributed by atoms with Gasteiger partial charge in [0.15, 0.2) is 0 Å². The molecule has 6 heteroatoms. The topological polar surface area (TPSA) is 67.2 Å². The molecule has 1 aliphatic heterocycles. The number of amides is 2. The molecule has 2 heterocycles. The van der Waals surface area contributed by atoms with E-state index in [9.17, 15) is 9.59 Å². The fourth-order valence-corrected chi connectivity index (χ4v) is 3.22. The number of hydrogen-bond acceptors (Lipinski definition) is 3. The van der Waals surface area contributed by atoms with Crippen LogP contribution in [0.2, 0.25) is 0 Å². The molecule has 0 unspecified atom stereocenters. The van der Waals surface area contributed by atoms with Crippen LogP contribution in [0, 0.1) is 0 Å². The lowest BCUT2D eigenvalue weighted by Crippen LogP contribution is -2.46. The lowest BCUT2D eigenvalue weighted by Gasteiger charge is -2.33. The zero-order valence-electron chi connectivity index (χ0n) is 12.9. The molecule has 1 N–H and O–H groups in total. The Bertz CT molecular complexity index is 605. The van der Waals surface area contributed by atoms with Crippen LogP contribution in [0.4, 0.5) is 0 Å². The predicted molar refractivity (Wildman–Crippen MR) is 81.9 cm³/mol. The van der Waals surface area contributed by atoms with Crippen LogP contribution in [0.15, 0.2) is 23.9 Å². The summed E-state index contributed by atoms with van der Waals surface area (Å²) < 4.78 is 1.72. The minimum absolute atomic E-state index is 0.106. The number of carbonyl (C=O) groups is 2. The fourth-order valence-electron chi connectivity index (χ4n) is 3.22. The molecule has 1 aromatic heterocycles. The van der Waals surface area contributed by atoms with E-state index >= 15 is 0 Å². The monoisotopic (exact) mass is 302 g/mol. The number of nitrogens with zero attached hydrogens (tertiary/aromatic N) is 3. The van der Waals surface area contributed by atoms with Gasteiger partial charge in [-0.25, -0.2) is 0 Å². The molecule has 6 nitrogen and oxygen atoms in total. The molecule has 1 aromatic rings. The summed E-state index contributed by atoms with van der Waals surface area (Å²) in [4.78, 5) is 26.4. The van der Waals surface area contributed by atoms with Gasteiger partial charge in [-0.3, -0.25) is 14.3 Å². The highest BCUT2D eigenvalue weighted by atomic mass is 16.2. The van der Waals surface area contributed by atoms with E-state index in [1.165, 1.54) is 18.4 Å². The zero-order chi connectivity index (χ0) is 15.5. The van der Waals surface area contributed by atoms with Crippen molar-refractivity contribution >= 4 is 11.8 Å². The van der Waals surface area contributed by atoms with E-state index in [4.69, 9.17) is 0 Å². The maximum Gasteiger partial charge on any atom is 0.246 e. The molecule has 0 saturated heterocycles. The highest BCUT2D eigenvalue weighted by molar-refractivity contribution is 5.83. The van der Waals surface area contributed by atoms with Crippen molar-refractivity contribution in [3.05, 3.63) is 29.6 Å². The van der Waals surface area contributed by atoms with Crippen molar-refractivity contribution in [2.24, 2.45) is 0 Å². The van der Waals surface area contributed by atoms with Gasteiger partial charge in [-0.05, 0) is 31.7 Å². The number of hydrogen-bond donors (Lipinski definition) is 1. The maximum absolute atomic E-state index is 12.6. The van der Waals surface area contributed by atoms with E-state index < -0.39 is 6.04 Å². The summed E-state index contributed by atoms with van der Waals surface area (Å²) in [6.07, 6.45) is 8.86. The second-order valence-corrected chi connectivity index (χ2v) is 5.96. The first kappa shape index (κ1) is 14.8. The van der Waals surface area contributed by atoms with Crippen molar-refractivity contribution in [2.45, 2.75) is 44.7 Å². The molecule has 2 aliphatic rings. The van der Waals surface area contributed by atoms with E-state index in [2.05, 4.69) is 16.5 Å². The molecule has 118 valence electrons. The number of fused-ring (bicyclic) bond motifs is 1. The van der Waals surface area contributed by atoms with Crippen LogP contribution in [0.25, 0.3) is 0 Å². The van der Waals surface area contributed by atoms with Crippen molar-refractivity contribution in [3.63, 3.8) is 0 Å². The molecule has 0 fully saturated rings. The Kier molecular flexibility index (Phi) is 4.27. The lowest BCUT2D eigenvalue weighted by atomic mass is 9.96.